The number of fused-ring (bicyclic) bond motifs is 3. The molecule has 0 radical (unpaired) electrons. The van der Waals surface area contributed by atoms with Gasteiger partial charge in [-0.3, -0.25) is 19.4 Å². The van der Waals surface area contributed by atoms with Gasteiger partial charge in [0.15, 0.2) is 5.65 Å². The first kappa shape index (κ1) is 80.4. The number of rotatable bonds is 11. The first-order chi connectivity index (χ1) is 51.4. The van der Waals surface area contributed by atoms with E-state index < -0.39 is 5.69 Å². The number of pyridine rings is 4. The third-order valence-corrected chi connectivity index (χ3v) is 21.3. The van der Waals surface area contributed by atoms with Crippen LogP contribution in [-0.4, -0.2) is 172 Å². The molecule has 5 aliphatic heterocycles. The van der Waals surface area contributed by atoms with Crippen LogP contribution in [0.25, 0.3) is 39.2 Å². The van der Waals surface area contributed by atoms with E-state index >= 15 is 0 Å². The first-order valence-electron chi connectivity index (χ1n) is 37.1. The quantitative estimate of drug-likeness (QED) is 0.111. The SMILES string of the molecule is C=CC(=O)N1CC(C)N(C2=NC(=C)N(CC(C)(C)C)c3nc(-c4ccccc4F)c(Cl)cc32)CC1C.C=CC(=O)N1CC(C)N(c2nc(=O)n(-c3c(C)ccnc3C(C)C)c3nc(C4CC4)c(Cl)cc23)CC1C.C=CC(=O)N1C[C@H](C)N(C2=NC(=C)N(CC(C)(C)C)c3nc(-c4ccccc4F)c(Cl)cc32)C[C@H]1C. The number of carbonyl (C=O) groups is 3. The monoisotopic (exact) mass is 1540 g/mol. The van der Waals surface area contributed by atoms with Gasteiger partial charge >= 0.3 is 5.69 Å². The van der Waals surface area contributed by atoms with Crippen molar-refractivity contribution in [2.45, 2.75) is 165 Å². The third kappa shape index (κ3) is 16.8. The van der Waals surface area contributed by atoms with Crippen molar-refractivity contribution in [3.8, 4) is 28.2 Å². The Labute approximate surface area is 653 Å². The fraction of sp³-hybridized carbons (Fsp3) is 0.417. The lowest BCUT2D eigenvalue weighted by Gasteiger charge is -2.46. The lowest BCUT2D eigenvalue weighted by molar-refractivity contribution is -0.131. The van der Waals surface area contributed by atoms with Gasteiger partial charge in [-0.25, -0.2) is 43.1 Å². The summed E-state index contributed by atoms with van der Waals surface area (Å²) in [5, 5.41) is 2.00. The minimum absolute atomic E-state index is 0.0105. The molecular weight excluding hydrogens is 1440 g/mol. The van der Waals surface area contributed by atoms with Crippen LogP contribution in [0.1, 0.15) is 150 Å². The van der Waals surface area contributed by atoms with E-state index in [1.54, 1.807) is 47.2 Å². The molecule has 25 heteroatoms. The molecule has 574 valence electrons. The highest BCUT2D eigenvalue weighted by molar-refractivity contribution is 6.34. The van der Waals surface area contributed by atoms with Crippen LogP contribution in [0.4, 0.5) is 26.2 Å². The number of halogens is 5. The highest BCUT2D eigenvalue weighted by Crippen LogP contribution is 2.46. The Morgan fingerprint density at radius 1 is 0.550 bits per heavy atom. The molecular formula is C84H99Cl3F2N16O4. The van der Waals surface area contributed by atoms with E-state index in [9.17, 15) is 28.0 Å². The van der Waals surface area contributed by atoms with Crippen molar-refractivity contribution >= 4 is 92.7 Å². The fourth-order valence-corrected chi connectivity index (χ4v) is 15.6. The molecule has 1 saturated carbocycles. The van der Waals surface area contributed by atoms with Crippen LogP contribution in [-0.2, 0) is 14.4 Å². The second-order valence-corrected chi connectivity index (χ2v) is 33.3. The molecule has 5 aromatic heterocycles. The summed E-state index contributed by atoms with van der Waals surface area (Å²) >= 11 is 20.2. The maximum atomic E-state index is 14.7. The number of carbonyl (C=O) groups excluding carboxylic acids is 3. The Morgan fingerprint density at radius 2 is 0.963 bits per heavy atom. The molecule has 1 aliphatic carbocycles. The number of nitrogens with zero attached hydrogens (tertiary/aromatic N) is 16. The minimum Gasteiger partial charge on any atom is -0.349 e. The van der Waals surface area contributed by atoms with Crippen LogP contribution in [0.3, 0.4) is 0 Å². The van der Waals surface area contributed by atoms with Crippen LogP contribution in [0.2, 0.25) is 15.1 Å². The van der Waals surface area contributed by atoms with Gasteiger partial charge in [-0.05, 0) is 150 Å². The van der Waals surface area contributed by atoms with Gasteiger partial charge in [-0.15, -0.1) is 0 Å². The van der Waals surface area contributed by atoms with Crippen LogP contribution in [0, 0.1) is 29.4 Å². The normalized spacial score (nSPS) is 20.2. The van der Waals surface area contributed by atoms with E-state index in [1.165, 1.54) is 30.4 Å². The number of hydrogen-bond donors (Lipinski definition) is 0. The molecule has 7 aromatic rings. The van der Waals surface area contributed by atoms with Gasteiger partial charge < -0.3 is 39.2 Å². The molecule has 4 fully saturated rings. The van der Waals surface area contributed by atoms with Gasteiger partial charge in [0.05, 0.1) is 60.0 Å². The number of benzene rings is 2. The van der Waals surface area contributed by atoms with E-state index in [-0.39, 0.29) is 82.4 Å². The van der Waals surface area contributed by atoms with E-state index in [0.29, 0.717) is 142 Å². The van der Waals surface area contributed by atoms with Crippen molar-refractivity contribution in [2.24, 2.45) is 20.8 Å². The second kappa shape index (κ2) is 32.1. The average molecular weight is 1540 g/mol. The zero-order valence-corrected chi connectivity index (χ0v) is 67.4. The van der Waals surface area contributed by atoms with Gasteiger partial charge in [0, 0.05) is 112 Å². The third-order valence-electron chi connectivity index (χ3n) is 20.4. The van der Waals surface area contributed by atoms with Crippen LogP contribution >= 0.6 is 34.8 Å². The minimum atomic E-state index is -0.401. The summed E-state index contributed by atoms with van der Waals surface area (Å²) in [7, 11) is 0. The standard InChI is InChI=1S/2C28H33ClFN5O.C28H33ClN6O2/c2*1-8-24(36)33-14-18(3)34(15-17(33)2)26-21-13-22(29)25(20-11-9-10-12-23(20)30)32-27(21)35(19(4)31-26)16-28(5,6)7;1-7-22(36)33-13-18(6)34(14-17(33)5)26-20-12-21(29)24(19-8-9-19)31-27(20)35(28(37)32-26)25-16(4)10-11-30-23(25)15(2)3/h2*8-13,17-18H,1,4,14-16H2,2-3,5-7H3;7,10-12,15,17-19H,1,8-9,13-14H2,2-6H3/t17-,18+;;/m1../s1. The first-order valence-corrected chi connectivity index (χ1v) is 38.3. The Bertz CT molecular complexity index is 4730. The number of amides is 3. The topological polar surface area (TPSA) is 188 Å². The highest BCUT2D eigenvalue weighted by Gasteiger charge is 2.42. The molecule has 4 unspecified atom stereocenters. The molecule has 10 heterocycles. The summed E-state index contributed by atoms with van der Waals surface area (Å²) in [6, 6.07) is 20.2. The second-order valence-electron chi connectivity index (χ2n) is 32.0. The predicted molar refractivity (Wildman–Crippen MR) is 436 cm³/mol. The molecule has 2 aromatic carbocycles. The zero-order valence-electron chi connectivity index (χ0n) is 65.1. The number of aryl methyl sites for hydroxylation is 1. The molecule has 0 N–H and O–H groups in total. The molecule has 0 spiro atoms. The van der Waals surface area contributed by atoms with Crippen molar-refractivity contribution in [3.63, 3.8) is 0 Å². The lowest BCUT2D eigenvalue weighted by Crippen LogP contribution is -2.60. The van der Waals surface area contributed by atoms with Gasteiger partial charge in [-0.1, -0.05) is 147 Å². The molecule has 109 heavy (non-hydrogen) atoms. The zero-order chi connectivity index (χ0) is 79.3. The number of anilines is 3. The summed E-state index contributed by atoms with van der Waals surface area (Å²) in [5.41, 5.74) is 6.26. The summed E-state index contributed by atoms with van der Waals surface area (Å²) in [6.45, 7) is 55.0. The van der Waals surface area contributed by atoms with Crippen LogP contribution in [0.5, 0.6) is 0 Å². The summed E-state index contributed by atoms with van der Waals surface area (Å²) in [4.78, 5) is 101. The number of piperazine rings is 3. The summed E-state index contributed by atoms with van der Waals surface area (Å²) in [6.07, 6.45) is 7.91. The van der Waals surface area contributed by atoms with Crippen LogP contribution < -0.4 is 20.4 Å². The summed E-state index contributed by atoms with van der Waals surface area (Å²) < 4.78 is 31.1. The molecule has 20 nitrogen and oxygen atoms in total. The smallest absolute Gasteiger partial charge is 0.349 e. The van der Waals surface area contributed by atoms with Gasteiger partial charge in [0.25, 0.3) is 0 Å². The Hall–Kier alpha value is -9.64. The number of aliphatic imine (C=N–C) groups is 2. The van der Waals surface area contributed by atoms with E-state index in [1.807, 2.05) is 83.4 Å². The summed E-state index contributed by atoms with van der Waals surface area (Å²) in [5.74, 6) is 3.75. The number of amidine groups is 2. The van der Waals surface area contributed by atoms with Crippen molar-refractivity contribution in [1.29, 1.82) is 0 Å². The number of aromatic nitrogens is 6. The molecule has 0 bridgehead atoms. The lowest BCUT2D eigenvalue weighted by atomic mass is 9.95. The Kier molecular flexibility index (Phi) is 23.7. The van der Waals surface area contributed by atoms with E-state index in [2.05, 4.69) is 127 Å². The van der Waals surface area contributed by atoms with Gasteiger partial charge in [0.1, 0.15) is 52.4 Å². The van der Waals surface area contributed by atoms with E-state index in [4.69, 9.17) is 59.7 Å². The van der Waals surface area contributed by atoms with Crippen molar-refractivity contribution in [3.05, 3.63) is 207 Å². The van der Waals surface area contributed by atoms with Crippen molar-refractivity contribution in [1.82, 2.24) is 54.0 Å². The maximum absolute atomic E-state index is 14.7. The van der Waals surface area contributed by atoms with E-state index in [0.717, 1.165) is 52.0 Å². The average Bonchev–Trinajstić information content (AvgIpc) is 1.55. The predicted octanol–water partition coefficient (Wildman–Crippen LogP) is 16.2. The van der Waals surface area contributed by atoms with Gasteiger partial charge in [-0.2, -0.15) is 4.98 Å². The van der Waals surface area contributed by atoms with Crippen molar-refractivity contribution < 1.29 is 23.2 Å². The molecule has 6 aliphatic rings. The van der Waals surface area contributed by atoms with Crippen LogP contribution in [0.15, 0.2) is 157 Å². The maximum Gasteiger partial charge on any atom is 0.355 e. The molecule has 6 atom stereocenters. The molecule has 13 rings (SSSR count). The van der Waals surface area contributed by atoms with Gasteiger partial charge in [0.2, 0.25) is 17.7 Å². The largest absolute Gasteiger partial charge is 0.355 e. The van der Waals surface area contributed by atoms with Crippen molar-refractivity contribution in [2.75, 3.05) is 67.1 Å². The molecule has 3 amide bonds. The number of hydrogen-bond acceptors (Lipinski definition) is 16. The highest BCUT2D eigenvalue weighted by atomic mass is 35.5. The fourth-order valence-electron chi connectivity index (χ4n) is 14.8. The Morgan fingerprint density at radius 3 is 1.36 bits per heavy atom. The molecule has 3 saturated heterocycles. The Balaban J connectivity index is 0.000000162.